The molecule has 6 heteroatoms. The second-order valence-corrected chi connectivity index (χ2v) is 5.26. The Labute approximate surface area is 136 Å². The van der Waals surface area contributed by atoms with E-state index in [-0.39, 0.29) is 0 Å². The van der Waals surface area contributed by atoms with E-state index in [1.54, 1.807) is 50.8 Å². The van der Waals surface area contributed by atoms with Gasteiger partial charge in [-0.05, 0) is 40.2 Å². The number of halogens is 1. The van der Waals surface area contributed by atoms with Crippen LogP contribution in [0.25, 0.3) is 0 Å². The van der Waals surface area contributed by atoms with E-state index in [9.17, 15) is 4.79 Å². The van der Waals surface area contributed by atoms with Crippen LogP contribution in [0.15, 0.2) is 45.9 Å². The molecule has 0 saturated carbocycles. The lowest BCUT2D eigenvalue weighted by Gasteiger charge is -2.09. The number of carbonyl (C=O) groups is 1. The van der Waals surface area contributed by atoms with E-state index >= 15 is 0 Å². The van der Waals surface area contributed by atoms with Crippen LogP contribution in [0, 0.1) is 0 Å². The van der Waals surface area contributed by atoms with Gasteiger partial charge in [-0.2, -0.15) is 0 Å². The zero-order chi connectivity index (χ0) is 16.1. The minimum absolute atomic E-state index is 0.414. The van der Waals surface area contributed by atoms with Crippen LogP contribution in [0.1, 0.15) is 15.9 Å². The monoisotopic (exact) mass is 362 g/mol. The maximum atomic E-state index is 11.2. The Hall–Kier alpha value is -2.34. The number of methoxy groups -OCH3 is 2. The maximum absolute atomic E-state index is 11.2. The van der Waals surface area contributed by atoms with Crippen molar-refractivity contribution in [2.45, 2.75) is 0 Å². The smallest absolute Gasteiger partial charge is 0.248 e. The highest BCUT2D eigenvalue weighted by molar-refractivity contribution is 9.10. The summed E-state index contributed by atoms with van der Waals surface area (Å²) in [6.45, 7) is 0. The first-order chi connectivity index (χ1) is 10.5. The molecule has 0 bridgehead atoms. The van der Waals surface area contributed by atoms with E-state index in [1.165, 1.54) is 0 Å². The van der Waals surface area contributed by atoms with Gasteiger partial charge in [0.1, 0.15) is 11.5 Å². The molecule has 0 aliphatic heterocycles. The van der Waals surface area contributed by atoms with Crippen LogP contribution < -0.4 is 15.2 Å². The summed E-state index contributed by atoms with van der Waals surface area (Å²) < 4.78 is 11.3. The zero-order valence-corrected chi connectivity index (χ0v) is 13.8. The molecule has 1 amide bonds. The molecule has 2 aromatic rings. The molecule has 114 valence electrons. The van der Waals surface area contributed by atoms with Gasteiger partial charge in [-0.1, -0.05) is 6.07 Å². The summed E-state index contributed by atoms with van der Waals surface area (Å²) in [5.41, 5.74) is 7.08. The van der Waals surface area contributed by atoms with Crippen molar-refractivity contribution in [3.05, 3.63) is 52.0 Å². The second kappa shape index (κ2) is 7.09. The molecule has 2 aromatic carbocycles. The highest BCUT2D eigenvalue weighted by Gasteiger charge is 2.08. The Balaban J connectivity index is 2.35. The Bertz CT molecular complexity index is 729. The molecule has 0 aliphatic carbocycles. The summed E-state index contributed by atoms with van der Waals surface area (Å²) in [6, 6.07) is 10.4. The maximum Gasteiger partial charge on any atom is 0.248 e. The zero-order valence-electron chi connectivity index (χ0n) is 12.2. The number of amides is 1. The molecule has 0 spiro atoms. The minimum atomic E-state index is -0.484. The van der Waals surface area contributed by atoms with Gasteiger partial charge in [0.15, 0.2) is 0 Å². The van der Waals surface area contributed by atoms with Gasteiger partial charge in [0.25, 0.3) is 0 Å². The number of benzene rings is 2. The minimum Gasteiger partial charge on any atom is -0.496 e. The average Bonchev–Trinajstić information content (AvgIpc) is 2.53. The Morgan fingerprint density at radius 1 is 1.18 bits per heavy atom. The molecular formula is C16H15BrN2O3. The Morgan fingerprint density at radius 3 is 2.55 bits per heavy atom. The first-order valence-corrected chi connectivity index (χ1v) is 7.20. The van der Waals surface area contributed by atoms with Crippen LogP contribution in [0.4, 0.5) is 5.69 Å². The largest absolute Gasteiger partial charge is 0.496 e. The SMILES string of the molecule is COc1cc(OC)c(C=Nc2cccc(C(N)=O)c2)cc1Br. The molecule has 0 aliphatic rings. The van der Waals surface area contributed by atoms with Crippen molar-refractivity contribution in [2.24, 2.45) is 10.7 Å². The summed E-state index contributed by atoms with van der Waals surface area (Å²) >= 11 is 3.42. The molecule has 2 N–H and O–H groups in total. The number of nitrogens with two attached hydrogens (primary N) is 1. The number of carbonyl (C=O) groups excluding carboxylic acids is 1. The number of hydrogen-bond donors (Lipinski definition) is 1. The predicted octanol–water partition coefficient (Wildman–Crippen LogP) is 3.32. The van der Waals surface area contributed by atoms with Crippen LogP contribution in [-0.4, -0.2) is 26.3 Å². The summed E-state index contributed by atoms with van der Waals surface area (Å²) in [4.78, 5) is 15.5. The fourth-order valence-electron chi connectivity index (χ4n) is 1.87. The molecule has 0 saturated heterocycles. The van der Waals surface area contributed by atoms with E-state index in [2.05, 4.69) is 20.9 Å². The molecule has 0 fully saturated rings. The third kappa shape index (κ3) is 3.65. The highest BCUT2D eigenvalue weighted by Crippen LogP contribution is 2.32. The van der Waals surface area contributed by atoms with Gasteiger partial charge in [-0.15, -0.1) is 0 Å². The van der Waals surface area contributed by atoms with Gasteiger partial charge in [-0.3, -0.25) is 9.79 Å². The molecule has 0 aromatic heterocycles. The molecule has 22 heavy (non-hydrogen) atoms. The van der Waals surface area contributed by atoms with E-state index < -0.39 is 5.91 Å². The van der Waals surface area contributed by atoms with Crippen LogP contribution in [0.5, 0.6) is 11.5 Å². The number of nitrogens with zero attached hydrogens (tertiary/aromatic N) is 1. The normalized spacial score (nSPS) is 10.7. The summed E-state index contributed by atoms with van der Waals surface area (Å²) in [6.07, 6.45) is 1.66. The first kappa shape index (κ1) is 16.0. The third-order valence-electron chi connectivity index (χ3n) is 2.99. The van der Waals surface area contributed by atoms with Gasteiger partial charge < -0.3 is 15.2 Å². The van der Waals surface area contributed by atoms with Gasteiger partial charge in [-0.25, -0.2) is 0 Å². The molecule has 2 rings (SSSR count). The summed E-state index contributed by atoms with van der Waals surface area (Å²) in [5.74, 6) is 0.821. The molecule has 0 radical (unpaired) electrons. The number of rotatable bonds is 5. The van der Waals surface area contributed by atoms with Gasteiger partial charge in [0.05, 0.1) is 24.4 Å². The second-order valence-electron chi connectivity index (χ2n) is 4.40. The Morgan fingerprint density at radius 2 is 1.91 bits per heavy atom. The summed E-state index contributed by atoms with van der Waals surface area (Å²) in [5, 5.41) is 0. The molecule has 5 nitrogen and oxygen atoms in total. The van der Waals surface area contributed by atoms with Crippen molar-refractivity contribution in [3.8, 4) is 11.5 Å². The fourth-order valence-corrected chi connectivity index (χ4v) is 2.39. The molecule has 0 heterocycles. The van der Waals surface area contributed by atoms with Gasteiger partial charge in [0.2, 0.25) is 5.91 Å². The number of ether oxygens (including phenoxy) is 2. The standard InChI is InChI=1S/C16H15BrN2O3/c1-21-14-8-15(22-2)13(17)7-11(14)9-19-12-5-3-4-10(6-12)16(18)20/h3-9H,1-2H3,(H2,18,20). The van der Waals surface area contributed by atoms with Crippen LogP contribution in [-0.2, 0) is 0 Å². The van der Waals surface area contributed by atoms with Crippen LogP contribution in [0.2, 0.25) is 0 Å². The van der Waals surface area contributed by atoms with Gasteiger partial charge in [0, 0.05) is 23.4 Å². The van der Waals surface area contributed by atoms with Crippen molar-refractivity contribution in [2.75, 3.05) is 14.2 Å². The number of aliphatic imine (C=N–C) groups is 1. The first-order valence-electron chi connectivity index (χ1n) is 6.40. The molecule has 0 atom stereocenters. The predicted molar refractivity (Wildman–Crippen MR) is 89.5 cm³/mol. The van der Waals surface area contributed by atoms with E-state index in [4.69, 9.17) is 15.2 Å². The number of primary amides is 1. The topological polar surface area (TPSA) is 73.9 Å². The molecular weight excluding hydrogens is 348 g/mol. The highest BCUT2D eigenvalue weighted by atomic mass is 79.9. The molecule has 0 unspecified atom stereocenters. The van der Waals surface area contributed by atoms with E-state index in [1.807, 2.05) is 6.07 Å². The van der Waals surface area contributed by atoms with Crippen molar-refractivity contribution in [3.63, 3.8) is 0 Å². The van der Waals surface area contributed by atoms with Gasteiger partial charge >= 0.3 is 0 Å². The Kier molecular flexibility index (Phi) is 5.16. The lowest BCUT2D eigenvalue weighted by molar-refractivity contribution is 0.100. The van der Waals surface area contributed by atoms with Crippen LogP contribution >= 0.6 is 15.9 Å². The van der Waals surface area contributed by atoms with Crippen molar-refractivity contribution in [1.82, 2.24) is 0 Å². The van der Waals surface area contributed by atoms with Crippen molar-refractivity contribution in [1.29, 1.82) is 0 Å². The van der Waals surface area contributed by atoms with Crippen molar-refractivity contribution < 1.29 is 14.3 Å². The average molecular weight is 363 g/mol. The fraction of sp³-hybridized carbons (Fsp3) is 0.125. The van der Waals surface area contributed by atoms with E-state index in [0.29, 0.717) is 22.7 Å². The number of hydrogen-bond acceptors (Lipinski definition) is 4. The summed E-state index contributed by atoms with van der Waals surface area (Å²) in [7, 11) is 3.16. The van der Waals surface area contributed by atoms with Crippen LogP contribution in [0.3, 0.4) is 0 Å². The van der Waals surface area contributed by atoms with E-state index in [0.717, 1.165) is 10.0 Å². The lowest BCUT2D eigenvalue weighted by atomic mass is 10.2. The van der Waals surface area contributed by atoms with Crippen molar-refractivity contribution >= 4 is 33.7 Å². The quantitative estimate of drug-likeness (QED) is 0.829. The lowest BCUT2D eigenvalue weighted by Crippen LogP contribution is -2.10. The third-order valence-corrected chi connectivity index (χ3v) is 3.61.